The first-order chi connectivity index (χ1) is 11.9. The highest BCUT2D eigenvalue weighted by molar-refractivity contribution is 7.88. The van der Waals surface area contributed by atoms with Gasteiger partial charge in [0.2, 0.25) is 10.0 Å². The predicted octanol–water partition coefficient (Wildman–Crippen LogP) is 3.25. The van der Waals surface area contributed by atoms with E-state index in [0.717, 1.165) is 30.6 Å². The lowest BCUT2D eigenvalue weighted by Crippen LogP contribution is -2.31. The molecule has 1 saturated heterocycles. The Bertz CT molecular complexity index is 816. The summed E-state index contributed by atoms with van der Waals surface area (Å²) in [6.45, 7) is 6.48. The number of anilines is 1. The minimum atomic E-state index is -3.29. The van der Waals surface area contributed by atoms with Crippen LogP contribution in [0.1, 0.15) is 23.1 Å². The molecule has 2 aromatic carbocycles. The first-order valence-electron chi connectivity index (χ1n) is 8.76. The van der Waals surface area contributed by atoms with Gasteiger partial charge in [0, 0.05) is 25.3 Å². The van der Waals surface area contributed by atoms with Crippen LogP contribution in [0.3, 0.4) is 0 Å². The minimum Gasteiger partial charge on any atom is -0.371 e. The molecule has 0 aromatic heterocycles. The number of hydrogen-bond acceptors (Lipinski definition) is 3. The summed E-state index contributed by atoms with van der Waals surface area (Å²) in [5.41, 5.74) is 4.44. The van der Waals surface area contributed by atoms with Crippen molar-refractivity contribution < 1.29 is 8.42 Å². The molecule has 4 nitrogen and oxygen atoms in total. The van der Waals surface area contributed by atoms with E-state index in [4.69, 9.17) is 0 Å². The van der Waals surface area contributed by atoms with Crippen LogP contribution in [0.25, 0.3) is 0 Å². The molecule has 1 fully saturated rings. The summed E-state index contributed by atoms with van der Waals surface area (Å²) in [4.78, 5) is 2.34. The van der Waals surface area contributed by atoms with Crippen molar-refractivity contribution in [3.8, 4) is 0 Å². The van der Waals surface area contributed by atoms with E-state index in [1.165, 1.54) is 11.3 Å². The predicted molar refractivity (Wildman–Crippen MR) is 103 cm³/mol. The van der Waals surface area contributed by atoms with E-state index in [1.807, 2.05) is 31.2 Å². The molecule has 0 radical (unpaired) electrons. The molecule has 1 N–H and O–H groups in total. The zero-order valence-electron chi connectivity index (χ0n) is 14.9. The monoisotopic (exact) mass is 358 g/mol. The second-order valence-electron chi connectivity index (χ2n) is 7.03. The van der Waals surface area contributed by atoms with Crippen molar-refractivity contribution in [2.45, 2.75) is 26.0 Å². The molecular weight excluding hydrogens is 332 g/mol. The van der Waals surface area contributed by atoms with Gasteiger partial charge in [-0.15, -0.1) is 0 Å². The third-order valence-electron chi connectivity index (χ3n) is 4.72. The van der Waals surface area contributed by atoms with E-state index < -0.39 is 10.0 Å². The van der Waals surface area contributed by atoms with Crippen LogP contribution in [0.5, 0.6) is 0 Å². The van der Waals surface area contributed by atoms with Crippen LogP contribution in [0.15, 0.2) is 48.5 Å². The summed E-state index contributed by atoms with van der Waals surface area (Å²) >= 11 is 0. The van der Waals surface area contributed by atoms with E-state index in [1.54, 1.807) is 0 Å². The average molecular weight is 359 g/mol. The Kier molecular flexibility index (Phi) is 5.45. The van der Waals surface area contributed by atoms with Crippen molar-refractivity contribution in [3.05, 3.63) is 65.2 Å². The van der Waals surface area contributed by atoms with Gasteiger partial charge < -0.3 is 4.90 Å². The van der Waals surface area contributed by atoms with Crippen molar-refractivity contribution in [1.82, 2.24) is 4.72 Å². The van der Waals surface area contributed by atoms with Crippen molar-refractivity contribution in [2.24, 2.45) is 5.92 Å². The third-order valence-corrected chi connectivity index (χ3v) is 6.04. The molecule has 3 rings (SSSR count). The van der Waals surface area contributed by atoms with E-state index in [9.17, 15) is 8.42 Å². The highest BCUT2D eigenvalue weighted by atomic mass is 32.2. The number of nitrogens with one attached hydrogen (secondary N) is 1. The van der Waals surface area contributed by atoms with Gasteiger partial charge >= 0.3 is 0 Å². The molecule has 1 unspecified atom stereocenters. The Labute approximate surface area is 150 Å². The molecule has 0 bridgehead atoms. The molecule has 134 valence electrons. The van der Waals surface area contributed by atoms with Gasteiger partial charge in [-0.1, -0.05) is 42.0 Å². The highest BCUT2D eigenvalue weighted by Gasteiger charge is 2.24. The Balaban J connectivity index is 1.52. The molecule has 0 saturated carbocycles. The van der Waals surface area contributed by atoms with Gasteiger partial charge in [0.15, 0.2) is 0 Å². The zero-order valence-corrected chi connectivity index (χ0v) is 15.7. The number of nitrogens with zero attached hydrogens (tertiary/aromatic N) is 1. The Morgan fingerprint density at radius 3 is 2.56 bits per heavy atom. The molecule has 1 atom stereocenters. The lowest BCUT2D eigenvalue weighted by Gasteiger charge is -2.19. The molecule has 1 aliphatic heterocycles. The van der Waals surface area contributed by atoms with Crippen LogP contribution in [0, 0.1) is 19.8 Å². The van der Waals surface area contributed by atoms with Gasteiger partial charge in [0.1, 0.15) is 0 Å². The van der Waals surface area contributed by atoms with Crippen molar-refractivity contribution in [1.29, 1.82) is 0 Å². The summed E-state index contributed by atoms with van der Waals surface area (Å²) in [5.74, 6) is 0.398. The lowest BCUT2D eigenvalue weighted by molar-refractivity contribution is 0.541. The number of sulfonamides is 1. The summed E-state index contributed by atoms with van der Waals surface area (Å²) in [6, 6.07) is 16.1. The Morgan fingerprint density at radius 1 is 1.08 bits per heavy atom. The molecule has 2 aromatic rings. The normalized spacial score (nSPS) is 17.8. The van der Waals surface area contributed by atoms with E-state index in [-0.39, 0.29) is 5.75 Å². The molecule has 5 heteroatoms. The van der Waals surface area contributed by atoms with E-state index >= 15 is 0 Å². The first kappa shape index (κ1) is 18.0. The summed E-state index contributed by atoms with van der Waals surface area (Å²) < 4.78 is 27.4. The Hall–Kier alpha value is -1.85. The second-order valence-corrected chi connectivity index (χ2v) is 8.84. The lowest BCUT2D eigenvalue weighted by atomic mass is 10.1. The molecule has 0 amide bonds. The number of aryl methyl sites for hydroxylation is 2. The maximum absolute atomic E-state index is 12.3. The van der Waals surface area contributed by atoms with Crippen molar-refractivity contribution >= 4 is 15.7 Å². The first-order valence-corrected chi connectivity index (χ1v) is 10.4. The average Bonchev–Trinajstić information content (AvgIpc) is 3.04. The second kappa shape index (κ2) is 7.58. The molecule has 0 aliphatic carbocycles. The van der Waals surface area contributed by atoms with E-state index in [2.05, 4.69) is 40.8 Å². The fourth-order valence-corrected chi connectivity index (χ4v) is 4.48. The minimum absolute atomic E-state index is 0.0432. The smallest absolute Gasteiger partial charge is 0.215 e. The van der Waals surface area contributed by atoms with Gasteiger partial charge in [-0.05, 0) is 49.4 Å². The van der Waals surface area contributed by atoms with Crippen LogP contribution in [0.2, 0.25) is 0 Å². The van der Waals surface area contributed by atoms with Crippen LogP contribution in [-0.4, -0.2) is 28.1 Å². The third kappa shape index (κ3) is 5.06. The maximum Gasteiger partial charge on any atom is 0.215 e. The SMILES string of the molecule is Cc1ccc(CS(=O)(=O)NCC2CCN(c3cccc(C)c3)C2)cc1. The maximum atomic E-state index is 12.3. The largest absolute Gasteiger partial charge is 0.371 e. The standard InChI is InChI=1S/C20H26N2O2S/c1-16-6-8-18(9-7-16)15-25(23,24)21-13-19-10-11-22(14-19)20-5-3-4-17(2)12-20/h3-9,12,19,21H,10-11,13-15H2,1-2H3. The summed E-state index contributed by atoms with van der Waals surface area (Å²) in [5, 5.41) is 0. The van der Waals surface area contributed by atoms with Crippen molar-refractivity contribution in [3.63, 3.8) is 0 Å². The fraction of sp³-hybridized carbons (Fsp3) is 0.400. The molecule has 1 heterocycles. The zero-order chi connectivity index (χ0) is 17.9. The van der Waals surface area contributed by atoms with Crippen LogP contribution in [-0.2, 0) is 15.8 Å². The number of rotatable bonds is 6. The van der Waals surface area contributed by atoms with Crippen LogP contribution in [0.4, 0.5) is 5.69 Å². The van der Waals surface area contributed by atoms with Gasteiger partial charge in [0.05, 0.1) is 5.75 Å². The highest BCUT2D eigenvalue weighted by Crippen LogP contribution is 2.24. The van der Waals surface area contributed by atoms with Gasteiger partial charge in [-0.3, -0.25) is 0 Å². The van der Waals surface area contributed by atoms with E-state index in [0.29, 0.717) is 12.5 Å². The molecule has 0 spiro atoms. The van der Waals surface area contributed by atoms with Crippen LogP contribution < -0.4 is 9.62 Å². The Morgan fingerprint density at radius 2 is 1.84 bits per heavy atom. The van der Waals surface area contributed by atoms with Gasteiger partial charge in [-0.2, -0.15) is 0 Å². The number of benzene rings is 2. The summed E-state index contributed by atoms with van der Waals surface area (Å²) in [7, 11) is -3.29. The van der Waals surface area contributed by atoms with Crippen molar-refractivity contribution in [2.75, 3.05) is 24.5 Å². The van der Waals surface area contributed by atoms with Crippen LogP contribution >= 0.6 is 0 Å². The molecular formula is C20H26N2O2S. The molecule has 25 heavy (non-hydrogen) atoms. The van der Waals surface area contributed by atoms with Gasteiger partial charge in [-0.25, -0.2) is 13.1 Å². The van der Waals surface area contributed by atoms with Gasteiger partial charge in [0.25, 0.3) is 0 Å². The number of hydrogen-bond donors (Lipinski definition) is 1. The summed E-state index contributed by atoms with van der Waals surface area (Å²) in [6.07, 6.45) is 1.01. The topological polar surface area (TPSA) is 49.4 Å². The molecule has 1 aliphatic rings. The quantitative estimate of drug-likeness (QED) is 0.862. The fourth-order valence-electron chi connectivity index (χ4n) is 3.26.